The molecule has 1 unspecified atom stereocenters. The summed E-state index contributed by atoms with van der Waals surface area (Å²) in [7, 11) is 0. The molecule has 3 heterocycles. The van der Waals surface area contributed by atoms with Crippen LogP contribution < -0.4 is 10.2 Å². The zero-order valence-corrected chi connectivity index (χ0v) is 13.4. The van der Waals surface area contributed by atoms with Crippen LogP contribution in [0, 0.1) is 5.92 Å². The van der Waals surface area contributed by atoms with Gasteiger partial charge in [-0.2, -0.15) is 0 Å². The van der Waals surface area contributed by atoms with Crippen molar-refractivity contribution in [3.63, 3.8) is 0 Å². The van der Waals surface area contributed by atoms with Crippen LogP contribution in [0.25, 0.3) is 4.96 Å². The minimum atomic E-state index is 0.280. The molecule has 3 rings (SSSR count). The Labute approximate surface area is 129 Å². The van der Waals surface area contributed by atoms with Crippen molar-refractivity contribution in [2.75, 3.05) is 31.1 Å². The van der Waals surface area contributed by atoms with Gasteiger partial charge >= 0.3 is 0 Å². The Morgan fingerprint density at radius 1 is 1.52 bits per heavy atom. The van der Waals surface area contributed by atoms with E-state index in [1.165, 1.54) is 5.69 Å². The highest BCUT2D eigenvalue weighted by Gasteiger charge is 2.24. The van der Waals surface area contributed by atoms with Gasteiger partial charge in [-0.25, -0.2) is 4.98 Å². The number of piperidine rings is 1. The van der Waals surface area contributed by atoms with E-state index < -0.39 is 0 Å². The van der Waals surface area contributed by atoms with Crippen LogP contribution in [0.4, 0.5) is 5.82 Å². The molecule has 6 heteroatoms. The third-order valence-corrected chi connectivity index (χ3v) is 4.89. The molecule has 1 aliphatic rings. The number of aromatic nitrogens is 2. The Hall–Kier alpha value is -1.11. The van der Waals surface area contributed by atoms with E-state index in [0.29, 0.717) is 5.92 Å². The summed E-state index contributed by atoms with van der Waals surface area (Å²) in [6.45, 7) is 6.30. The molecule has 0 spiro atoms. The molecule has 0 saturated carbocycles. The number of rotatable bonds is 6. The van der Waals surface area contributed by atoms with Crippen LogP contribution in [0.15, 0.2) is 11.6 Å². The predicted octanol–water partition coefficient (Wildman–Crippen LogP) is 2.10. The van der Waals surface area contributed by atoms with E-state index in [9.17, 15) is 5.11 Å². The number of anilines is 1. The summed E-state index contributed by atoms with van der Waals surface area (Å²) >= 11 is 1.68. The molecule has 0 amide bonds. The molecule has 0 aromatic carbocycles. The SMILES string of the molecule is CCCNCc1c(N2CCCC(CO)C2)nc2sccn12. The van der Waals surface area contributed by atoms with Crippen molar-refractivity contribution in [3.8, 4) is 0 Å². The van der Waals surface area contributed by atoms with Gasteiger partial charge in [-0.1, -0.05) is 6.92 Å². The maximum atomic E-state index is 9.44. The molecule has 0 aliphatic carbocycles. The number of nitrogens with one attached hydrogen (secondary N) is 1. The number of aliphatic hydroxyl groups excluding tert-OH is 1. The van der Waals surface area contributed by atoms with Gasteiger partial charge in [0.05, 0.1) is 5.69 Å². The number of fused-ring (bicyclic) bond motifs is 1. The second-order valence-electron chi connectivity index (χ2n) is 5.75. The van der Waals surface area contributed by atoms with Gasteiger partial charge in [0.15, 0.2) is 10.8 Å². The summed E-state index contributed by atoms with van der Waals surface area (Å²) in [5.41, 5.74) is 1.25. The average Bonchev–Trinajstić information content (AvgIpc) is 3.09. The van der Waals surface area contributed by atoms with Crippen molar-refractivity contribution in [1.82, 2.24) is 14.7 Å². The maximum absolute atomic E-state index is 9.44. The first kappa shape index (κ1) is 14.8. The molecule has 1 fully saturated rings. The van der Waals surface area contributed by atoms with E-state index in [1.54, 1.807) is 11.3 Å². The molecule has 0 bridgehead atoms. The summed E-state index contributed by atoms with van der Waals surface area (Å²) in [5.74, 6) is 1.48. The van der Waals surface area contributed by atoms with Crippen LogP contribution in [0.3, 0.4) is 0 Å². The lowest BCUT2D eigenvalue weighted by Gasteiger charge is -2.32. The van der Waals surface area contributed by atoms with Crippen molar-refractivity contribution < 1.29 is 5.11 Å². The lowest BCUT2D eigenvalue weighted by molar-refractivity contribution is 0.208. The lowest BCUT2D eigenvalue weighted by atomic mass is 9.99. The quantitative estimate of drug-likeness (QED) is 0.803. The Kier molecular flexibility index (Phi) is 4.77. The van der Waals surface area contributed by atoms with Crippen LogP contribution in [0.5, 0.6) is 0 Å². The van der Waals surface area contributed by atoms with Crippen LogP contribution in [0.2, 0.25) is 0 Å². The first-order chi connectivity index (χ1) is 10.3. The number of imidazole rings is 1. The summed E-state index contributed by atoms with van der Waals surface area (Å²) in [6.07, 6.45) is 5.50. The molecule has 21 heavy (non-hydrogen) atoms. The second-order valence-corrected chi connectivity index (χ2v) is 6.62. The largest absolute Gasteiger partial charge is 0.396 e. The van der Waals surface area contributed by atoms with E-state index in [4.69, 9.17) is 4.98 Å². The normalized spacial score (nSPS) is 19.5. The van der Waals surface area contributed by atoms with Gasteiger partial charge in [0, 0.05) is 37.8 Å². The topological polar surface area (TPSA) is 52.8 Å². The number of aliphatic hydroxyl groups is 1. The van der Waals surface area contributed by atoms with Crippen LogP contribution >= 0.6 is 11.3 Å². The monoisotopic (exact) mass is 308 g/mol. The van der Waals surface area contributed by atoms with Crippen molar-refractivity contribution in [2.24, 2.45) is 5.92 Å². The molecule has 1 aliphatic heterocycles. The van der Waals surface area contributed by atoms with Gasteiger partial charge in [-0.05, 0) is 31.7 Å². The first-order valence-electron chi connectivity index (χ1n) is 7.84. The summed E-state index contributed by atoms with van der Waals surface area (Å²) in [5, 5.41) is 15.0. The fraction of sp³-hybridized carbons (Fsp3) is 0.667. The molecular formula is C15H24N4OS. The van der Waals surface area contributed by atoms with Gasteiger partial charge in [0.25, 0.3) is 0 Å². The summed E-state index contributed by atoms with van der Waals surface area (Å²) < 4.78 is 2.20. The highest BCUT2D eigenvalue weighted by molar-refractivity contribution is 7.15. The molecule has 2 aromatic heterocycles. The van der Waals surface area contributed by atoms with Crippen LogP contribution in [-0.4, -0.2) is 40.7 Å². The van der Waals surface area contributed by atoms with Crippen molar-refractivity contribution in [1.29, 1.82) is 0 Å². The molecule has 1 saturated heterocycles. The zero-order valence-electron chi connectivity index (χ0n) is 12.6. The highest BCUT2D eigenvalue weighted by atomic mass is 32.1. The Bertz CT molecular complexity index is 579. The van der Waals surface area contributed by atoms with Crippen molar-refractivity contribution in [2.45, 2.75) is 32.7 Å². The molecule has 5 nitrogen and oxygen atoms in total. The van der Waals surface area contributed by atoms with Gasteiger partial charge < -0.3 is 15.3 Å². The van der Waals surface area contributed by atoms with Gasteiger partial charge in [0.1, 0.15) is 0 Å². The first-order valence-corrected chi connectivity index (χ1v) is 8.72. The van der Waals surface area contributed by atoms with Gasteiger partial charge in [-0.3, -0.25) is 4.40 Å². The van der Waals surface area contributed by atoms with Crippen LogP contribution in [-0.2, 0) is 6.54 Å². The summed E-state index contributed by atoms with van der Waals surface area (Å²) in [4.78, 5) is 8.24. The molecule has 116 valence electrons. The standard InChI is InChI=1S/C15H24N4OS/c1-2-5-16-9-13-14(17-15-19(13)7-8-21-15)18-6-3-4-12(10-18)11-20/h7-8,12,16,20H,2-6,9-11H2,1H3. The highest BCUT2D eigenvalue weighted by Crippen LogP contribution is 2.28. The number of thiazole rings is 1. The van der Waals surface area contributed by atoms with E-state index in [-0.39, 0.29) is 6.61 Å². The molecule has 2 aromatic rings. The Balaban J connectivity index is 1.85. The molecule has 2 N–H and O–H groups in total. The molecular weight excluding hydrogens is 284 g/mol. The smallest absolute Gasteiger partial charge is 0.195 e. The van der Waals surface area contributed by atoms with E-state index >= 15 is 0 Å². The van der Waals surface area contributed by atoms with Crippen LogP contribution in [0.1, 0.15) is 31.9 Å². The fourth-order valence-corrected chi connectivity index (χ4v) is 3.76. The molecule has 0 radical (unpaired) electrons. The summed E-state index contributed by atoms with van der Waals surface area (Å²) in [6, 6.07) is 0. The third-order valence-electron chi connectivity index (χ3n) is 4.14. The molecule has 1 atom stereocenters. The third kappa shape index (κ3) is 3.07. The Morgan fingerprint density at radius 3 is 3.24 bits per heavy atom. The average molecular weight is 308 g/mol. The zero-order chi connectivity index (χ0) is 14.7. The Morgan fingerprint density at radius 2 is 2.43 bits per heavy atom. The fourth-order valence-electron chi connectivity index (χ4n) is 3.03. The number of nitrogens with zero attached hydrogens (tertiary/aromatic N) is 3. The lowest BCUT2D eigenvalue weighted by Crippen LogP contribution is -2.37. The van der Waals surface area contributed by atoms with E-state index in [0.717, 1.165) is 56.2 Å². The minimum Gasteiger partial charge on any atom is -0.396 e. The number of hydrogen-bond acceptors (Lipinski definition) is 5. The van der Waals surface area contributed by atoms with E-state index in [1.807, 2.05) is 0 Å². The van der Waals surface area contributed by atoms with Crippen molar-refractivity contribution in [3.05, 3.63) is 17.3 Å². The maximum Gasteiger partial charge on any atom is 0.195 e. The van der Waals surface area contributed by atoms with Gasteiger partial charge in [-0.15, -0.1) is 11.3 Å². The predicted molar refractivity (Wildman–Crippen MR) is 87.1 cm³/mol. The number of hydrogen-bond donors (Lipinski definition) is 2. The van der Waals surface area contributed by atoms with E-state index in [2.05, 4.69) is 33.1 Å². The van der Waals surface area contributed by atoms with Crippen molar-refractivity contribution >= 4 is 22.1 Å². The van der Waals surface area contributed by atoms with Gasteiger partial charge in [0.2, 0.25) is 0 Å². The minimum absolute atomic E-state index is 0.280. The second kappa shape index (κ2) is 6.77.